The fraction of sp³-hybridized carbons (Fsp3) is 1.00. The molecule has 2 nitrogen and oxygen atoms in total. The van der Waals surface area contributed by atoms with Crippen molar-refractivity contribution in [2.24, 2.45) is 5.92 Å². The molecule has 1 fully saturated rings. The van der Waals surface area contributed by atoms with E-state index in [-0.39, 0.29) is 0 Å². The van der Waals surface area contributed by atoms with E-state index in [1.54, 1.807) is 14.0 Å². The SMILES string of the molecule is COC(C)(O)C1CC1. The zero-order valence-electron chi connectivity index (χ0n) is 5.35. The van der Waals surface area contributed by atoms with Gasteiger partial charge < -0.3 is 9.84 Å². The molecule has 1 rings (SSSR count). The molecule has 1 atom stereocenters. The maximum absolute atomic E-state index is 9.24. The highest BCUT2D eigenvalue weighted by Crippen LogP contribution is 2.39. The number of hydrogen-bond acceptors (Lipinski definition) is 2. The lowest BCUT2D eigenvalue weighted by molar-refractivity contribution is -0.185. The third-order valence-corrected chi connectivity index (χ3v) is 1.75. The Labute approximate surface area is 49.5 Å². The molecule has 0 saturated heterocycles. The van der Waals surface area contributed by atoms with Gasteiger partial charge in [-0.2, -0.15) is 0 Å². The van der Waals surface area contributed by atoms with Gasteiger partial charge in [0.2, 0.25) is 0 Å². The van der Waals surface area contributed by atoms with Gasteiger partial charge in [-0.25, -0.2) is 0 Å². The van der Waals surface area contributed by atoms with Crippen LogP contribution in [0.2, 0.25) is 0 Å². The molecule has 1 aliphatic rings. The predicted molar refractivity (Wildman–Crippen MR) is 30.4 cm³/mol. The fourth-order valence-corrected chi connectivity index (χ4v) is 0.786. The van der Waals surface area contributed by atoms with Gasteiger partial charge in [-0.15, -0.1) is 0 Å². The molecule has 0 bridgehead atoms. The molecule has 0 amide bonds. The average molecular weight is 116 g/mol. The first-order valence-corrected chi connectivity index (χ1v) is 2.94. The third kappa shape index (κ3) is 1.01. The number of ether oxygens (including phenoxy) is 1. The van der Waals surface area contributed by atoms with E-state index >= 15 is 0 Å². The largest absolute Gasteiger partial charge is 0.365 e. The van der Waals surface area contributed by atoms with Crippen LogP contribution < -0.4 is 0 Å². The predicted octanol–water partition coefficient (Wildman–Crippen LogP) is 0.751. The van der Waals surface area contributed by atoms with Crippen LogP contribution in [0.4, 0.5) is 0 Å². The quantitative estimate of drug-likeness (QED) is 0.539. The topological polar surface area (TPSA) is 29.5 Å². The molecule has 0 radical (unpaired) electrons. The molecule has 0 aromatic rings. The maximum atomic E-state index is 9.24. The lowest BCUT2D eigenvalue weighted by Gasteiger charge is -2.19. The zero-order chi connectivity index (χ0) is 6.20. The highest BCUT2D eigenvalue weighted by Gasteiger charge is 2.39. The van der Waals surface area contributed by atoms with Crippen LogP contribution in [0.5, 0.6) is 0 Å². The highest BCUT2D eigenvalue weighted by atomic mass is 16.6. The molecule has 1 unspecified atom stereocenters. The van der Waals surface area contributed by atoms with E-state index in [0.29, 0.717) is 5.92 Å². The average Bonchev–Trinajstić information content (AvgIpc) is 2.44. The van der Waals surface area contributed by atoms with Crippen molar-refractivity contribution < 1.29 is 9.84 Å². The summed E-state index contributed by atoms with van der Waals surface area (Å²) >= 11 is 0. The van der Waals surface area contributed by atoms with E-state index in [4.69, 9.17) is 4.74 Å². The molecule has 0 aliphatic heterocycles. The number of hydrogen-bond donors (Lipinski definition) is 1. The lowest BCUT2D eigenvalue weighted by Crippen LogP contribution is -2.28. The lowest BCUT2D eigenvalue weighted by atomic mass is 10.2. The molecule has 1 N–H and O–H groups in total. The standard InChI is InChI=1S/C6H12O2/c1-6(7,8-2)5-3-4-5/h5,7H,3-4H2,1-2H3. The van der Waals surface area contributed by atoms with E-state index in [1.807, 2.05) is 0 Å². The van der Waals surface area contributed by atoms with Crippen molar-refractivity contribution in [2.45, 2.75) is 25.6 Å². The number of rotatable bonds is 2. The molecule has 8 heavy (non-hydrogen) atoms. The van der Waals surface area contributed by atoms with Gasteiger partial charge >= 0.3 is 0 Å². The molecule has 0 aromatic carbocycles. The van der Waals surface area contributed by atoms with Crippen molar-refractivity contribution in [3.05, 3.63) is 0 Å². The van der Waals surface area contributed by atoms with Crippen LogP contribution in [-0.2, 0) is 4.74 Å². The van der Waals surface area contributed by atoms with Crippen molar-refractivity contribution >= 4 is 0 Å². The first-order chi connectivity index (χ1) is 3.67. The van der Waals surface area contributed by atoms with Gasteiger partial charge in [0.15, 0.2) is 5.79 Å². The van der Waals surface area contributed by atoms with Gasteiger partial charge in [-0.05, 0) is 19.8 Å². The summed E-state index contributed by atoms with van der Waals surface area (Å²) in [7, 11) is 1.54. The molecule has 0 aromatic heterocycles. The Hall–Kier alpha value is -0.0800. The zero-order valence-corrected chi connectivity index (χ0v) is 5.35. The monoisotopic (exact) mass is 116 g/mol. The second-order valence-corrected chi connectivity index (χ2v) is 2.53. The maximum Gasteiger partial charge on any atom is 0.165 e. The van der Waals surface area contributed by atoms with Crippen LogP contribution in [0.25, 0.3) is 0 Å². The van der Waals surface area contributed by atoms with Crippen LogP contribution >= 0.6 is 0 Å². The molecule has 1 aliphatic carbocycles. The third-order valence-electron chi connectivity index (χ3n) is 1.75. The molecular weight excluding hydrogens is 104 g/mol. The van der Waals surface area contributed by atoms with E-state index in [1.165, 1.54) is 0 Å². The van der Waals surface area contributed by atoms with Gasteiger partial charge in [0, 0.05) is 13.0 Å². The van der Waals surface area contributed by atoms with Crippen LogP contribution in [0.3, 0.4) is 0 Å². The summed E-state index contributed by atoms with van der Waals surface area (Å²) in [6, 6.07) is 0. The summed E-state index contributed by atoms with van der Waals surface area (Å²) in [4.78, 5) is 0. The van der Waals surface area contributed by atoms with Crippen molar-refractivity contribution in [1.29, 1.82) is 0 Å². The fourth-order valence-electron chi connectivity index (χ4n) is 0.786. The smallest absolute Gasteiger partial charge is 0.165 e. The van der Waals surface area contributed by atoms with Crippen molar-refractivity contribution in [3.8, 4) is 0 Å². The second-order valence-electron chi connectivity index (χ2n) is 2.53. The van der Waals surface area contributed by atoms with Crippen molar-refractivity contribution in [3.63, 3.8) is 0 Å². The van der Waals surface area contributed by atoms with E-state index in [0.717, 1.165) is 12.8 Å². The highest BCUT2D eigenvalue weighted by molar-refractivity contribution is 4.84. The van der Waals surface area contributed by atoms with Gasteiger partial charge in [0.25, 0.3) is 0 Å². The summed E-state index contributed by atoms with van der Waals surface area (Å²) in [5, 5.41) is 9.24. The minimum absolute atomic E-state index is 0.396. The molecule has 48 valence electrons. The van der Waals surface area contributed by atoms with Crippen molar-refractivity contribution in [2.75, 3.05) is 7.11 Å². The number of methoxy groups -OCH3 is 1. The van der Waals surface area contributed by atoms with E-state index < -0.39 is 5.79 Å². The molecule has 0 heterocycles. The van der Waals surface area contributed by atoms with E-state index in [2.05, 4.69) is 0 Å². The Kier molecular flexibility index (Phi) is 1.29. The first kappa shape index (κ1) is 6.05. The second kappa shape index (κ2) is 1.71. The summed E-state index contributed by atoms with van der Waals surface area (Å²) in [6.45, 7) is 1.71. The van der Waals surface area contributed by atoms with Crippen LogP contribution in [0.1, 0.15) is 19.8 Å². The van der Waals surface area contributed by atoms with Crippen LogP contribution in [-0.4, -0.2) is 18.0 Å². The normalized spacial score (nSPS) is 27.4. The summed E-state index contributed by atoms with van der Waals surface area (Å²) in [5.41, 5.74) is 0. The number of aliphatic hydroxyl groups is 1. The Balaban J connectivity index is 2.37. The summed E-state index contributed by atoms with van der Waals surface area (Å²) < 4.78 is 4.82. The molecule has 2 heteroatoms. The van der Waals surface area contributed by atoms with Gasteiger partial charge in [-0.3, -0.25) is 0 Å². The summed E-state index contributed by atoms with van der Waals surface area (Å²) in [5.74, 6) is -0.451. The molecule has 0 spiro atoms. The van der Waals surface area contributed by atoms with E-state index in [9.17, 15) is 5.11 Å². The van der Waals surface area contributed by atoms with Crippen molar-refractivity contribution in [1.82, 2.24) is 0 Å². The minimum atomic E-state index is -0.847. The molecular formula is C6H12O2. The Morgan fingerprint density at radius 3 is 2.25 bits per heavy atom. The summed E-state index contributed by atoms with van der Waals surface area (Å²) in [6.07, 6.45) is 2.22. The first-order valence-electron chi connectivity index (χ1n) is 2.94. The van der Waals surface area contributed by atoms with Crippen LogP contribution in [0, 0.1) is 5.92 Å². The van der Waals surface area contributed by atoms with Gasteiger partial charge in [0.1, 0.15) is 0 Å². The molecule has 1 saturated carbocycles. The van der Waals surface area contributed by atoms with Gasteiger partial charge in [0.05, 0.1) is 0 Å². The minimum Gasteiger partial charge on any atom is -0.365 e. The Bertz CT molecular complexity index is 84.5. The Morgan fingerprint density at radius 1 is 1.62 bits per heavy atom. The van der Waals surface area contributed by atoms with Crippen LogP contribution in [0.15, 0.2) is 0 Å². The van der Waals surface area contributed by atoms with Gasteiger partial charge in [-0.1, -0.05) is 0 Å². The Morgan fingerprint density at radius 2 is 2.12 bits per heavy atom.